The van der Waals surface area contributed by atoms with Crippen LogP contribution in [0.1, 0.15) is 24.8 Å². The van der Waals surface area contributed by atoms with Gasteiger partial charge in [0.15, 0.2) is 0 Å². The molecule has 1 N–H and O–H groups in total. The van der Waals surface area contributed by atoms with Crippen LogP contribution in [0.15, 0.2) is 36.4 Å². The lowest BCUT2D eigenvalue weighted by molar-refractivity contribution is -0.133. The number of nitrogens with one attached hydrogen (secondary N) is 1. The Labute approximate surface area is 143 Å². The fourth-order valence-corrected chi connectivity index (χ4v) is 3.30. The van der Waals surface area contributed by atoms with E-state index in [0.29, 0.717) is 38.5 Å². The minimum atomic E-state index is -0.0913. The molecule has 1 aromatic rings. The van der Waals surface area contributed by atoms with Gasteiger partial charge in [-0.1, -0.05) is 24.3 Å². The van der Waals surface area contributed by atoms with Crippen LogP contribution in [-0.2, 0) is 4.79 Å². The highest BCUT2D eigenvalue weighted by atomic mass is 16.2. The monoisotopic (exact) mass is 327 g/mol. The molecule has 1 heterocycles. The number of anilines is 1. The van der Waals surface area contributed by atoms with Gasteiger partial charge in [0, 0.05) is 38.3 Å². The zero-order chi connectivity index (χ0) is 16.9. The van der Waals surface area contributed by atoms with Crippen molar-refractivity contribution in [2.24, 2.45) is 5.92 Å². The van der Waals surface area contributed by atoms with E-state index in [9.17, 15) is 9.59 Å². The van der Waals surface area contributed by atoms with Crippen molar-refractivity contribution in [1.82, 2.24) is 9.80 Å². The van der Waals surface area contributed by atoms with Crippen molar-refractivity contribution in [1.29, 1.82) is 0 Å². The lowest BCUT2D eigenvalue weighted by atomic mass is 10.0. The second kappa shape index (κ2) is 7.51. The van der Waals surface area contributed by atoms with Crippen molar-refractivity contribution in [2.75, 3.05) is 31.5 Å². The van der Waals surface area contributed by atoms with Gasteiger partial charge >= 0.3 is 6.03 Å². The predicted molar refractivity (Wildman–Crippen MR) is 94.8 cm³/mol. The van der Waals surface area contributed by atoms with Gasteiger partial charge in [-0.15, -0.1) is 0 Å². The van der Waals surface area contributed by atoms with E-state index in [-0.39, 0.29) is 11.9 Å². The van der Waals surface area contributed by atoms with Crippen LogP contribution in [0.25, 0.3) is 0 Å². The summed E-state index contributed by atoms with van der Waals surface area (Å²) in [4.78, 5) is 28.3. The summed E-state index contributed by atoms with van der Waals surface area (Å²) < 4.78 is 0. The topological polar surface area (TPSA) is 52.7 Å². The van der Waals surface area contributed by atoms with E-state index in [0.717, 1.165) is 24.1 Å². The summed E-state index contributed by atoms with van der Waals surface area (Å²) in [5, 5.41) is 2.93. The van der Waals surface area contributed by atoms with Crippen molar-refractivity contribution in [2.45, 2.75) is 26.2 Å². The Morgan fingerprint density at radius 3 is 2.58 bits per heavy atom. The third kappa shape index (κ3) is 4.16. The average Bonchev–Trinajstić information content (AvgIpc) is 3.08. The third-order valence-corrected chi connectivity index (χ3v) is 4.74. The number of aryl methyl sites for hydroxylation is 1. The highest BCUT2D eigenvalue weighted by molar-refractivity contribution is 5.89. The second-order valence-electron chi connectivity index (χ2n) is 6.64. The SMILES string of the molecule is Cc1cccc(NC(=O)N2CCN(C(=O)CC3C=CCC3)CC2)c1. The van der Waals surface area contributed by atoms with Gasteiger partial charge in [-0.2, -0.15) is 0 Å². The van der Waals surface area contributed by atoms with Gasteiger partial charge in [0.05, 0.1) is 0 Å². The zero-order valence-corrected chi connectivity index (χ0v) is 14.2. The molecular weight excluding hydrogens is 302 g/mol. The molecule has 128 valence electrons. The zero-order valence-electron chi connectivity index (χ0n) is 14.2. The van der Waals surface area contributed by atoms with Gasteiger partial charge in [-0.05, 0) is 43.4 Å². The summed E-state index contributed by atoms with van der Waals surface area (Å²) in [7, 11) is 0. The number of carbonyl (C=O) groups is 2. The number of benzene rings is 1. The quantitative estimate of drug-likeness (QED) is 0.868. The predicted octanol–water partition coefficient (Wildman–Crippen LogP) is 3.03. The summed E-state index contributed by atoms with van der Waals surface area (Å²) in [5.74, 6) is 0.616. The van der Waals surface area contributed by atoms with Crippen LogP contribution in [-0.4, -0.2) is 47.9 Å². The van der Waals surface area contributed by atoms with Crippen LogP contribution in [0.2, 0.25) is 0 Å². The van der Waals surface area contributed by atoms with E-state index in [4.69, 9.17) is 0 Å². The number of hydrogen-bond donors (Lipinski definition) is 1. The smallest absolute Gasteiger partial charge is 0.321 e. The summed E-state index contributed by atoms with van der Waals surface area (Å²) in [6, 6.07) is 7.68. The van der Waals surface area contributed by atoms with Gasteiger partial charge in [-0.3, -0.25) is 4.79 Å². The number of rotatable bonds is 3. The van der Waals surface area contributed by atoms with E-state index in [1.54, 1.807) is 4.90 Å². The number of urea groups is 1. The van der Waals surface area contributed by atoms with Gasteiger partial charge in [-0.25, -0.2) is 4.79 Å². The molecule has 0 spiro atoms. The third-order valence-electron chi connectivity index (χ3n) is 4.74. The first kappa shape index (κ1) is 16.6. The first-order valence-electron chi connectivity index (χ1n) is 8.69. The minimum Gasteiger partial charge on any atom is -0.339 e. The lowest BCUT2D eigenvalue weighted by Crippen LogP contribution is -2.51. The number of hydrogen-bond acceptors (Lipinski definition) is 2. The molecule has 1 fully saturated rings. The fraction of sp³-hybridized carbons (Fsp3) is 0.474. The molecule has 2 aliphatic rings. The van der Waals surface area contributed by atoms with Gasteiger partial charge in [0.25, 0.3) is 0 Å². The molecule has 1 aliphatic heterocycles. The van der Waals surface area contributed by atoms with E-state index < -0.39 is 0 Å². The molecule has 0 bridgehead atoms. The summed E-state index contributed by atoms with van der Waals surface area (Å²) in [5.41, 5.74) is 1.93. The Balaban J connectivity index is 1.46. The molecule has 1 saturated heterocycles. The summed E-state index contributed by atoms with van der Waals surface area (Å²) in [6.07, 6.45) is 7.09. The van der Waals surface area contributed by atoms with E-state index >= 15 is 0 Å². The first-order valence-corrected chi connectivity index (χ1v) is 8.69. The summed E-state index contributed by atoms with van der Waals surface area (Å²) >= 11 is 0. The molecular formula is C19H25N3O2. The van der Waals surface area contributed by atoms with E-state index in [2.05, 4.69) is 17.5 Å². The Kier molecular flexibility index (Phi) is 5.18. The molecule has 0 radical (unpaired) electrons. The van der Waals surface area contributed by atoms with E-state index in [1.807, 2.05) is 36.1 Å². The maximum atomic E-state index is 12.3. The molecule has 1 unspecified atom stereocenters. The van der Waals surface area contributed by atoms with Crippen LogP contribution in [0.3, 0.4) is 0 Å². The van der Waals surface area contributed by atoms with Crippen LogP contribution in [0, 0.1) is 12.8 Å². The minimum absolute atomic E-state index is 0.0913. The number of allylic oxidation sites excluding steroid dienone is 2. The first-order chi connectivity index (χ1) is 11.6. The van der Waals surface area contributed by atoms with Crippen molar-refractivity contribution < 1.29 is 9.59 Å². The van der Waals surface area contributed by atoms with E-state index in [1.165, 1.54) is 0 Å². The Bertz CT molecular complexity index is 633. The van der Waals surface area contributed by atoms with Crippen LogP contribution in [0.4, 0.5) is 10.5 Å². The molecule has 1 atom stereocenters. The van der Waals surface area contributed by atoms with Gasteiger partial charge in [0.1, 0.15) is 0 Å². The largest absolute Gasteiger partial charge is 0.339 e. The molecule has 5 nitrogen and oxygen atoms in total. The number of amides is 3. The molecule has 3 rings (SSSR count). The van der Waals surface area contributed by atoms with Crippen molar-refractivity contribution in [3.05, 3.63) is 42.0 Å². The fourth-order valence-electron chi connectivity index (χ4n) is 3.30. The van der Waals surface area contributed by atoms with Crippen molar-refractivity contribution in [3.8, 4) is 0 Å². The lowest BCUT2D eigenvalue weighted by Gasteiger charge is -2.35. The Morgan fingerprint density at radius 1 is 1.17 bits per heavy atom. The molecule has 1 aliphatic carbocycles. The number of piperazine rings is 1. The summed E-state index contributed by atoms with van der Waals surface area (Å²) in [6.45, 7) is 4.42. The van der Waals surface area contributed by atoms with Gasteiger partial charge < -0.3 is 15.1 Å². The molecule has 0 saturated carbocycles. The maximum absolute atomic E-state index is 12.3. The second-order valence-corrected chi connectivity index (χ2v) is 6.64. The molecule has 1 aromatic carbocycles. The molecule has 24 heavy (non-hydrogen) atoms. The van der Waals surface area contributed by atoms with Crippen LogP contribution >= 0.6 is 0 Å². The molecule has 5 heteroatoms. The standard InChI is InChI=1S/C19H25N3O2/c1-15-5-4-8-17(13-15)20-19(24)22-11-9-21(10-12-22)18(23)14-16-6-2-3-7-16/h2,4-6,8,13,16H,3,7,9-12,14H2,1H3,(H,20,24). The van der Waals surface area contributed by atoms with Crippen molar-refractivity contribution in [3.63, 3.8) is 0 Å². The van der Waals surface area contributed by atoms with Crippen molar-refractivity contribution >= 4 is 17.6 Å². The van der Waals surface area contributed by atoms with Crippen LogP contribution in [0.5, 0.6) is 0 Å². The Morgan fingerprint density at radius 2 is 1.92 bits per heavy atom. The van der Waals surface area contributed by atoms with Crippen LogP contribution < -0.4 is 5.32 Å². The number of nitrogens with zero attached hydrogens (tertiary/aromatic N) is 2. The molecule has 0 aromatic heterocycles. The normalized spacial score (nSPS) is 20.3. The van der Waals surface area contributed by atoms with Gasteiger partial charge in [0.2, 0.25) is 5.91 Å². The highest BCUT2D eigenvalue weighted by Crippen LogP contribution is 2.21. The molecule has 3 amide bonds. The maximum Gasteiger partial charge on any atom is 0.321 e. The average molecular weight is 327 g/mol. The Hall–Kier alpha value is -2.30. The number of carbonyl (C=O) groups excluding carboxylic acids is 2. The highest BCUT2D eigenvalue weighted by Gasteiger charge is 2.25.